The molecule has 1 fully saturated rings. The van der Waals surface area contributed by atoms with E-state index in [1.165, 1.54) is 17.9 Å². The van der Waals surface area contributed by atoms with Crippen molar-refractivity contribution in [3.8, 4) is 0 Å². The lowest BCUT2D eigenvalue weighted by Crippen LogP contribution is -2.37. The van der Waals surface area contributed by atoms with Crippen LogP contribution in [0.2, 0.25) is 0 Å². The van der Waals surface area contributed by atoms with Crippen LogP contribution in [-0.4, -0.2) is 29.1 Å². The van der Waals surface area contributed by atoms with Crippen molar-refractivity contribution in [2.24, 2.45) is 0 Å². The highest BCUT2D eigenvalue weighted by molar-refractivity contribution is 8.07. The molecule has 1 aliphatic heterocycles. The van der Waals surface area contributed by atoms with Gasteiger partial charge in [-0.05, 0) is 37.6 Å². The number of hydrogen-bond acceptors (Lipinski definition) is 3. The highest BCUT2D eigenvalue weighted by Crippen LogP contribution is 2.40. The maximum Gasteiger partial charge on any atom is 0.126 e. The summed E-state index contributed by atoms with van der Waals surface area (Å²) in [6, 6.07) is 5.88. The Hall–Kier alpha value is -0.190. The second-order valence-electron chi connectivity index (χ2n) is 4.93. The van der Waals surface area contributed by atoms with Crippen LogP contribution in [0.25, 0.3) is 0 Å². The third kappa shape index (κ3) is 3.47. The van der Waals surface area contributed by atoms with Crippen LogP contribution in [0.15, 0.2) is 18.2 Å². The zero-order chi connectivity index (χ0) is 13.8. The molecule has 3 unspecified atom stereocenters. The lowest BCUT2D eigenvalue weighted by Gasteiger charge is -2.36. The molecule has 2 rings (SSSR count). The normalized spacial score (nSPS) is 25.3. The number of thioether (sulfide) groups is 2. The van der Waals surface area contributed by atoms with E-state index in [1.54, 1.807) is 6.07 Å². The molecule has 3 atom stereocenters. The fourth-order valence-corrected chi connectivity index (χ4v) is 5.86. The first-order valence-electron chi connectivity index (χ1n) is 6.84. The average Bonchev–Trinajstić information content (AvgIpc) is 2.44. The van der Waals surface area contributed by atoms with Gasteiger partial charge >= 0.3 is 0 Å². The lowest BCUT2D eigenvalue weighted by molar-refractivity contribution is 0.536. The number of halogens is 1. The molecule has 0 spiro atoms. The molecular weight excluding hydrogens is 277 g/mol. The van der Waals surface area contributed by atoms with Gasteiger partial charge in [0.25, 0.3) is 0 Å². The van der Waals surface area contributed by atoms with E-state index in [0.29, 0.717) is 10.5 Å². The second kappa shape index (κ2) is 7.00. The van der Waals surface area contributed by atoms with Crippen molar-refractivity contribution in [2.75, 3.05) is 18.6 Å². The van der Waals surface area contributed by atoms with Gasteiger partial charge in [0.05, 0.1) is 0 Å². The number of nitrogens with one attached hydrogen (secondary N) is 1. The van der Waals surface area contributed by atoms with E-state index in [0.717, 1.165) is 11.1 Å². The van der Waals surface area contributed by atoms with Gasteiger partial charge < -0.3 is 5.32 Å². The van der Waals surface area contributed by atoms with Gasteiger partial charge in [-0.2, -0.15) is 23.5 Å². The predicted octanol–water partition coefficient (Wildman–Crippen LogP) is 4.02. The molecule has 1 aromatic rings. The monoisotopic (exact) mass is 299 g/mol. The molecule has 106 valence electrons. The van der Waals surface area contributed by atoms with Crippen molar-refractivity contribution in [2.45, 2.75) is 36.8 Å². The predicted molar refractivity (Wildman–Crippen MR) is 85.7 cm³/mol. The van der Waals surface area contributed by atoms with Crippen LogP contribution in [0.3, 0.4) is 0 Å². The van der Waals surface area contributed by atoms with Crippen LogP contribution in [0.5, 0.6) is 0 Å². The van der Waals surface area contributed by atoms with Gasteiger partial charge in [-0.15, -0.1) is 0 Å². The van der Waals surface area contributed by atoms with Gasteiger partial charge in [-0.25, -0.2) is 4.39 Å². The third-order valence-corrected chi connectivity index (χ3v) is 7.04. The quantitative estimate of drug-likeness (QED) is 0.902. The fraction of sp³-hybridized carbons (Fsp3) is 0.600. The molecule has 1 nitrogen and oxygen atoms in total. The summed E-state index contributed by atoms with van der Waals surface area (Å²) in [7, 11) is 1.98. The summed E-state index contributed by atoms with van der Waals surface area (Å²) in [5.41, 5.74) is 1.79. The van der Waals surface area contributed by atoms with Gasteiger partial charge in [0.15, 0.2) is 0 Å². The van der Waals surface area contributed by atoms with E-state index < -0.39 is 0 Å². The Bertz CT molecular complexity index is 425. The zero-order valence-electron chi connectivity index (χ0n) is 11.8. The molecule has 4 heteroatoms. The Morgan fingerprint density at radius 1 is 1.37 bits per heavy atom. The Kier molecular flexibility index (Phi) is 5.60. The summed E-state index contributed by atoms with van der Waals surface area (Å²) >= 11 is 4.09. The number of rotatable bonds is 4. The molecule has 0 aromatic heterocycles. The standard InChI is InChI=1S/C15H22FNS2/c1-4-13-15(19-8-7-18-13)14(17-3)11-6-5-10(2)12(16)9-11/h5-6,9,13-15,17H,4,7-8H2,1-3H3. The van der Waals surface area contributed by atoms with Crippen molar-refractivity contribution in [1.82, 2.24) is 5.32 Å². The first kappa shape index (κ1) is 15.2. The highest BCUT2D eigenvalue weighted by atomic mass is 32.2. The number of aryl methyl sites for hydroxylation is 1. The van der Waals surface area contributed by atoms with Crippen LogP contribution in [0.4, 0.5) is 4.39 Å². The lowest BCUT2D eigenvalue weighted by atomic mass is 9.99. The van der Waals surface area contributed by atoms with Gasteiger partial charge in [0.1, 0.15) is 5.82 Å². The fourth-order valence-electron chi connectivity index (χ4n) is 2.57. The van der Waals surface area contributed by atoms with Crippen molar-refractivity contribution in [3.05, 3.63) is 35.1 Å². The molecule has 1 heterocycles. The topological polar surface area (TPSA) is 12.0 Å². The summed E-state index contributed by atoms with van der Waals surface area (Å²) in [4.78, 5) is 0. The molecule has 19 heavy (non-hydrogen) atoms. The minimum absolute atomic E-state index is 0.0979. The average molecular weight is 299 g/mol. The molecule has 0 saturated carbocycles. The molecule has 1 saturated heterocycles. The van der Waals surface area contributed by atoms with Crippen LogP contribution < -0.4 is 5.32 Å². The molecule has 0 bridgehead atoms. The Balaban J connectivity index is 2.24. The summed E-state index contributed by atoms with van der Waals surface area (Å²) < 4.78 is 13.8. The molecule has 1 aliphatic rings. The number of benzene rings is 1. The molecule has 1 aromatic carbocycles. The first-order chi connectivity index (χ1) is 9.17. The second-order valence-corrected chi connectivity index (χ2v) is 7.56. The first-order valence-corrected chi connectivity index (χ1v) is 8.93. The molecular formula is C15H22FNS2. The summed E-state index contributed by atoms with van der Waals surface area (Å²) in [6.45, 7) is 4.06. The summed E-state index contributed by atoms with van der Waals surface area (Å²) in [5, 5.41) is 4.58. The Morgan fingerprint density at radius 3 is 2.74 bits per heavy atom. The Labute approximate surface area is 124 Å². The minimum Gasteiger partial charge on any atom is -0.312 e. The number of hydrogen-bond donors (Lipinski definition) is 1. The van der Waals surface area contributed by atoms with Crippen LogP contribution in [0, 0.1) is 12.7 Å². The molecule has 0 aliphatic carbocycles. The SMILES string of the molecule is CCC1SCCSC1C(NC)c1ccc(C)c(F)c1. The molecule has 0 radical (unpaired) electrons. The van der Waals surface area contributed by atoms with E-state index in [1.807, 2.05) is 31.8 Å². The van der Waals surface area contributed by atoms with Gasteiger partial charge in [0, 0.05) is 28.0 Å². The zero-order valence-corrected chi connectivity index (χ0v) is 13.4. The van der Waals surface area contributed by atoms with E-state index >= 15 is 0 Å². The highest BCUT2D eigenvalue weighted by Gasteiger charge is 2.32. The van der Waals surface area contributed by atoms with Gasteiger partial charge in [0.2, 0.25) is 0 Å². The Morgan fingerprint density at radius 2 is 2.11 bits per heavy atom. The van der Waals surface area contributed by atoms with E-state index in [-0.39, 0.29) is 11.9 Å². The molecule has 0 amide bonds. The van der Waals surface area contributed by atoms with Gasteiger partial charge in [-0.1, -0.05) is 19.1 Å². The maximum absolute atomic E-state index is 13.8. The minimum atomic E-state index is -0.0979. The van der Waals surface area contributed by atoms with Crippen molar-refractivity contribution >= 4 is 23.5 Å². The van der Waals surface area contributed by atoms with E-state index in [4.69, 9.17) is 0 Å². The van der Waals surface area contributed by atoms with Crippen molar-refractivity contribution in [3.63, 3.8) is 0 Å². The third-order valence-electron chi connectivity index (χ3n) is 3.69. The largest absolute Gasteiger partial charge is 0.312 e. The van der Waals surface area contributed by atoms with Crippen LogP contribution in [0.1, 0.15) is 30.5 Å². The summed E-state index contributed by atoms with van der Waals surface area (Å²) in [6.07, 6.45) is 1.18. The molecule has 1 N–H and O–H groups in total. The van der Waals surface area contributed by atoms with Crippen molar-refractivity contribution in [1.29, 1.82) is 0 Å². The van der Waals surface area contributed by atoms with Crippen LogP contribution in [-0.2, 0) is 0 Å². The van der Waals surface area contributed by atoms with Gasteiger partial charge in [-0.3, -0.25) is 0 Å². The van der Waals surface area contributed by atoms with E-state index in [2.05, 4.69) is 30.1 Å². The van der Waals surface area contributed by atoms with Crippen molar-refractivity contribution < 1.29 is 4.39 Å². The maximum atomic E-state index is 13.8. The summed E-state index contributed by atoms with van der Waals surface area (Å²) in [5.74, 6) is 2.33. The smallest absolute Gasteiger partial charge is 0.126 e. The van der Waals surface area contributed by atoms with Crippen LogP contribution >= 0.6 is 23.5 Å². The van der Waals surface area contributed by atoms with E-state index in [9.17, 15) is 4.39 Å².